The molecule has 436 valence electrons. The third-order valence-corrected chi connectivity index (χ3v) is 13.9. The van der Waals surface area contributed by atoms with Gasteiger partial charge in [0, 0.05) is 96.5 Å². The number of nitrogens with zero attached hydrogens (tertiary/aromatic N) is 8. The highest BCUT2D eigenvalue weighted by Crippen LogP contribution is 2.39. The number of aromatic nitrogens is 3. The Bertz CT molecular complexity index is 3660. The maximum absolute atomic E-state index is 12.8. The Morgan fingerprint density at radius 1 is 0.612 bits per heavy atom. The summed E-state index contributed by atoms with van der Waals surface area (Å²) in [6.45, 7) is -0.440. The zero-order valence-corrected chi connectivity index (χ0v) is 47.7. The van der Waals surface area contributed by atoms with Crippen LogP contribution in [0.5, 0.6) is 11.5 Å². The van der Waals surface area contributed by atoms with Crippen LogP contribution in [-0.4, -0.2) is 133 Å². The van der Waals surface area contributed by atoms with Crippen molar-refractivity contribution in [2.45, 2.75) is 37.8 Å². The number of nitrogens with two attached hydrogens (primary N) is 2. The number of methoxy groups -OCH3 is 2. The molecule has 8 bridgehead atoms. The fourth-order valence-corrected chi connectivity index (χ4v) is 9.74. The van der Waals surface area contributed by atoms with Crippen LogP contribution in [0.3, 0.4) is 0 Å². The number of guanidine groups is 2. The lowest BCUT2D eigenvalue weighted by Gasteiger charge is -2.16. The summed E-state index contributed by atoms with van der Waals surface area (Å²) in [6, 6.07) is 15.1. The van der Waals surface area contributed by atoms with Gasteiger partial charge in [-0.1, -0.05) is 0 Å². The summed E-state index contributed by atoms with van der Waals surface area (Å²) in [7, 11) is 8.33. The molecule has 0 saturated carbocycles. The van der Waals surface area contributed by atoms with Crippen LogP contribution < -0.4 is 40.7 Å². The van der Waals surface area contributed by atoms with E-state index in [4.69, 9.17) is 56.2 Å². The van der Waals surface area contributed by atoms with E-state index in [-0.39, 0.29) is 49.3 Å². The van der Waals surface area contributed by atoms with Crippen LogP contribution >= 0.6 is 0 Å². The first-order valence-corrected chi connectivity index (χ1v) is 27.3. The van der Waals surface area contributed by atoms with Gasteiger partial charge < -0.3 is 61.1 Å². The smallest absolute Gasteiger partial charge is 0.330 e. The zero-order valence-electron chi connectivity index (χ0n) is 47.7. The molecular formula is C62H67N15O8+2. The van der Waals surface area contributed by atoms with Crippen molar-refractivity contribution in [1.29, 1.82) is 10.8 Å². The van der Waals surface area contributed by atoms with Gasteiger partial charge in [0.1, 0.15) is 25.6 Å². The average Bonchev–Trinajstić information content (AvgIpc) is 2.28. The van der Waals surface area contributed by atoms with Crippen molar-refractivity contribution in [2.75, 3.05) is 47.6 Å². The van der Waals surface area contributed by atoms with Crippen molar-refractivity contribution in [3.63, 3.8) is 0 Å². The summed E-state index contributed by atoms with van der Waals surface area (Å²) in [5, 5.41) is 42.8. The largest absolute Gasteiger partial charge is 0.494 e. The third kappa shape index (κ3) is 14.7. The van der Waals surface area contributed by atoms with E-state index >= 15 is 0 Å². The van der Waals surface area contributed by atoms with Gasteiger partial charge in [-0.25, -0.2) is 43.7 Å². The minimum atomic E-state index is -1.10. The number of aromatic amines is 1. The number of ether oxygens (including phenoxy) is 4. The van der Waals surface area contributed by atoms with Gasteiger partial charge in [0.2, 0.25) is 11.8 Å². The predicted octanol–water partition coefficient (Wildman–Crippen LogP) is 5.19. The van der Waals surface area contributed by atoms with E-state index in [1.54, 1.807) is 12.1 Å². The van der Waals surface area contributed by atoms with Gasteiger partial charge in [0.25, 0.3) is 0 Å². The van der Waals surface area contributed by atoms with E-state index in [1.165, 1.54) is 20.3 Å². The molecule has 2 atom stereocenters. The zero-order chi connectivity index (χ0) is 60.1. The topological polar surface area (TPSA) is 324 Å². The lowest BCUT2D eigenvalue weighted by molar-refractivity contribution is -0.671. The number of carbonyl (C=O) groups excluding carboxylic acids is 2. The number of aliphatic hydroxyl groups is 2. The van der Waals surface area contributed by atoms with Gasteiger partial charge in [-0.05, 0) is 121 Å². The molecule has 85 heavy (non-hydrogen) atoms. The first-order chi connectivity index (χ1) is 41.0. The Morgan fingerprint density at radius 2 is 1.02 bits per heavy atom. The lowest BCUT2D eigenvalue weighted by Crippen LogP contribution is -2.32. The molecule has 11 N–H and O–H groups in total. The number of nitrogens with one attached hydrogen (secondary N) is 5. The highest BCUT2D eigenvalue weighted by Gasteiger charge is 2.29. The van der Waals surface area contributed by atoms with Crippen LogP contribution in [0.25, 0.3) is 16.7 Å². The summed E-state index contributed by atoms with van der Waals surface area (Å²) >= 11 is 0. The molecule has 5 aliphatic rings. The van der Waals surface area contributed by atoms with Crippen molar-refractivity contribution >= 4 is 69.5 Å². The first-order valence-electron chi connectivity index (χ1n) is 27.3. The molecule has 5 aliphatic heterocycles. The summed E-state index contributed by atoms with van der Waals surface area (Å²) in [5.74, 6) is -2.53. The number of allylic oxidation sites excluding steroid dienone is 11. The number of hydrogen-bond acceptors (Lipinski definition) is 14. The SMILES string of the molecule is COC(=O)C(CCCNC(=N)N)N=C(O)COc1cc(OCC(O)=NC(CCCNC(=N)N)C(=O)OC)cc(C2=C3C=CC(=N3)C(=C3C=CN(C)C=C3)C3=NC(=C(c4cc[n+](C)cc4)c4ccc([nH]4)C(c4cc[n+](C)cc4)=C4C=CC2=N4)C=C3)c1. The van der Waals surface area contributed by atoms with E-state index in [0.29, 0.717) is 52.5 Å². The molecule has 4 aromatic rings. The molecule has 2 unspecified atom stereocenters. The minimum absolute atomic E-state index is 0.160. The molecule has 0 saturated heterocycles. The molecule has 3 aromatic heterocycles. The number of aliphatic imine (C=N–C) groups is 5. The summed E-state index contributed by atoms with van der Waals surface area (Å²) in [6.07, 6.45) is 28.8. The van der Waals surface area contributed by atoms with Crippen molar-refractivity contribution < 1.29 is 47.9 Å². The highest BCUT2D eigenvalue weighted by molar-refractivity contribution is 6.36. The summed E-state index contributed by atoms with van der Waals surface area (Å²) < 4.78 is 26.5. The fourth-order valence-electron chi connectivity index (χ4n) is 9.74. The Balaban J connectivity index is 1.21. The Morgan fingerprint density at radius 3 is 1.44 bits per heavy atom. The minimum Gasteiger partial charge on any atom is -0.494 e. The normalized spacial score (nSPS) is 16.2. The molecule has 0 spiro atoms. The monoisotopic (exact) mass is 1150 g/mol. The predicted molar refractivity (Wildman–Crippen MR) is 325 cm³/mol. The molecule has 0 radical (unpaired) electrons. The van der Waals surface area contributed by atoms with Crippen LogP contribution in [0, 0.1) is 10.8 Å². The summed E-state index contributed by atoms with van der Waals surface area (Å²) in [4.78, 5) is 56.2. The molecule has 23 heteroatoms. The van der Waals surface area contributed by atoms with E-state index in [1.807, 2.05) is 139 Å². The van der Waals surface area contributed by atoms with Gasteiger partial charge in [0.15, 0.2) is 62.0 Å². The maximum Gasteiger partial charge on any atom is 0.330 e. The third-order valence-electron chi connectivity index (χ3n) is 13.9. The van der Waals surface area contributed by atoms with Gasteiger partial charge in [-0.3, -0.25) is 10.8 Å². The summed E-state index contributed by atoms with van der Waals surface area (Å²) in [5.41, 5.74) is 22.5. The molecule has 0 fully saturated rings. The number of pyridine rings is 2. The second-order valence-electron chi connectivity index (χ2n) is 20.1. The van der Waals surface area contributed by atoms with Crippen molar-refractivity contribution in [3.8, 4) is 11.5 Å². The molecule has 23 nitrogen and oxygen atoms in total. The maximum atomic E-state index is 12.8. The number of aryl methyl sites for hydroxylation is 2. The number of esters is 2. The molecule has 1 aromatic carbocycles. The van der Waals surface area contributed by atoms with E-state index in [0.717, 1.165) is 50.5 Å². The lowest BCUT2D eigenvalue weighted by atomic mass is 9.97. The van der Waals surface area contributed by atoms with Crippen molar-refractivity contribution in [1.82, 2.24) is 20.5 Å². The van der Waals surface area contributed by atoms with Gasteiger partial charge in [0.05, 0.1) is 48.4 Å². The standard InChI is InChI=1S/C62H65N15O8/c1-75-26-18-37(19-27-75)55-43-10-12-45(69-43)56(38-20-28-76(2)29-21-38)47-14-16-49(71-47)58(50-17-15-48(72-50)57(46-13-11-44(55)70-46)39-22-30-77(3)31-23-39)40-32-41(84-35-53(78)73-51(59(80)82-4)8-6-24-67-61(63)64)34-42(33-40)85-36-54(79)74-52(60(81)83-5)9-7-25-68-62(65)66/h10-23,26-34,51-52H,6-9,24-25,35-36H2,1-5H3,(H9-2,63,64,65,66,67,68,69,70,71,72,73,74,78,79)/p+2. The number of fused-ring (bicyclic) bond motifs is 5. The van der Waals surface area contributed by atoms with E-state index in [2.05, 4.69) is 43.8 Å². The Kier molecular flexibility index (Phi) is 18.7. The van der Waals surface area contributed by atoms with E-state index < -0.39 is 49.0 Å². The van der Waals surface area contributed by atoms with Gasteiger partial charge in [-0.15, -0.1) is 0 Å². The van der Waals surface area contributed by atoms with Crippen LogP contribution in [0.1, 0.15) is 53.8 Å². The van der Waals surface area contributed by atoms with Gasteiger partial charge >= 0.3 is 11.9 Å². The molecule has 9 rings (SSSR count). The quantitative estimate of drug-likeness (QED) is 0.0171. The van der Waals surface area contributed by atoms with Crippen molar-refractivity contribution in [3.05, 3.63) is 197 Å². The van der Waals surface area contributed by atoms with Gasteiger partial charge in [-0.2, -0.15) is 0 Å². The molecule has 0 aliphatic carbocycles. The Labute approximate surface area is 491 Å². The van der Waals surface area contributed by atoms with E-state index in [9.17, 15) is 19.8 Å². The molecular weight excluding hydrogens is 1080 g/mol. The number of rotatable bonds is 21. The van der Waals surface area contributed by atoms with Crippen LogP contribution in [0.4, 0.5) is 0 Å². The number of hydrogen-bond donors (Lipinski definition) is 9. The molecule has 8 heterocycles. The fraction of sp³-hybridized carbons (Fsp3) is 0.242. The second-order valence-corrected chi connectivity index (χ2v) is 20.1. The second kappa shape index (κ2) is 26.9. The van der Waals surface area contributed by atoms with Crippen LogP contribution in [0.2, 0.25) is 0 Å². The average molecular weight is 1150 g/mol. The van der Waals surface area contributed by atoms with Crippen LogP contribution in [0.15, 0.2) is 194 Å². The van der Waals surface area contributed by atoms with Crippen molar-refractivity contribution in [2.24, 2.45) is 50.5 Å². The number of aliphatic hydroxyl groups excluding tert-OH is 2. The highest BCUT2D eigenvalue weighted by atomic mass is 16.5. The first kappa shape index (κ1) is 58.9. The number of benzene rings is 1. The number of H-pyrrole nitrogens is 1. The van der Waals surface area contributed by atoms with Crippen LogP contribution in [-0.2, 0) is 33.2 Å². The Hall–Kier alpha value is -10.7. The molecule has 0 amide bonds. The number of carbonyl (C=O) groups is 2.